The predicted molar refractivity (Wildman–Crippen MR) is 133 cm³/mol. The van der Waals surface area contributed by atoms with Crippen LogP contribution in [0, 0.1) is 0 Å². The van der Waals surface area contributed by atoms with E-state index < -0.39 is 5.97 Å². The molecule has 0 saturated heterocycles. The van der Waals surface area contributed by atoms with Crippen molar-refractivity contribution in [2.75, 3.05) is 13.2 Å². The van der Waals surface area contributed by atoms with Gasteiger partial charge in [0.25, 0.3) is 0 Å². The van der Waals surface area contributed by atoms with E-state index in [0.717, 1.165) is 36.8 Å². The van der Waals surface area contributed by atoms with Gasteiger partial charge in [-0.3, -0.25) is 0 Å². The van der Waals surface area contributed by atoms with Crippen molar-refractivity contribution < 1.29 is 23.8 Å². The Morgan fingerprint density at radius 3 is 2.12 bits per heavy atom. The highest BCUT2D eigenvalue weighted by Gasteiger charge is 2.14. The highest BCUT2D eigenvalue weighted by molar-refractivity contribution is 5.92. The molecule has 0 radical (unpaired) electrons. The minimum absolute atomic E-state index is 0.342. The number of carbonyl (C=O) groups is 2. The first-order valence-corrected chi connectivity index (χ1v) is 11.5. The zero-order valence-corrected chi connectivity index (χ0v) is 19.5. The van der Waals surface area contributed by atoms with E-state index in [9.17, 15) is 9.59 Å². The molecule has 0 fully saturated rings. The Labute approximate surface area is 201 Å². The fourth-order valence-corrected chi connectivity index (χ4v) is 3.30. The van der Waals surface area contributed by atoms with Crippen LogP contribution in [0.5, 0.6) is 11.5 Å². The van der Waals surface area contributed by atoms with Crippen LogP contribution in [0.15, 0.2) is 91.0 Å². The van der Waals surface area contributed by atoms with Gasteiger partial charge in [-0.15, -0.1) is 0 Å². The SMILES string of the molecule is C=C(C)C(=O)OCCCCCCOc1ccc(-c2ccccc2)c(OC(=O)c2ccccc2)c1. The van der Waals surface area contributed by atoms with Crippen LogP contribution in [0.1, 0.15) is 43.0 Å². The third-order valence-corrected chi connectivity index (χ3v) is 5.14. The molecule has 0 atom stereocenters. The number of unbranched alkanes of at least 4 members (excludes halogenated alkanes) is 3. The Morgan fingerprint density at radius 2 is 1.44 bits per heavy atom. The highest BCUT2D eigenvalue weighted by atomic mass is 16.5. The smallest absolute Gasteiger partial charge is 0.343 e. The summed E-state index contributed by atoms with van der Waals surface area (Å²) in [6, 6.07) is 24.3. The van der Waals surface area contributed by atoms with Crippen molar-refractivity contribution in [2.45, 2.75) is 32.6 Å². The molecule has 3 aromatic carbocycles. The van der Waals surface area contributed by atoms with E-state index in [1.54, 1.807) is 37.3 Å². The van der Waals surface area contributed by atoms with Gasteiger partial charge in [0, 0.05) is 17.2 Å². The molecule has 34 heavy (non-hydrogen) atoms. The molecule has 0 saturated carbocycles. The fraction of sp³-hybridized carbons (Fsp3) is 0.241. The quantitative estimate of drug-likeness (QED) is 0.132. The summed E-state index contributed by atoms with van der Waals surface area (Å²) >= 11 is 0. The number of carbonyl (C=O) groups excluding carboxylic acids is 2. The Balaban J connectivity index is 1.56. The third kappa shape index (κ3) is 7.62. The first-order chi connectivity index (χ1) is 16.5. The predicted octanol–water partition coefficient (Wildman–Crippen LogP) is 6.63. The van der Waals surface area contributed by atoms with E-state index >= 15 is 0 Å². The minimum Gasteiger partial charge on any atom is -0.493 e. The molecular weight excluding hydrogens is 428 g/mol. The van der Waals surface area contributed by atoms with Crippen LogP contribution < -0.4 is 9.47 Å². The summed E-state index contributed by atoms with van der Waals surface area (Å²) in [4.78, 5) is 24.0. The molecule has 0 aliphatic carbocycles. The molecule has 5 nitrogen and oxygen atoms in total. The standard InChI is InChI=1S/C29H30O5/c1-22(2)28(30)33-20-12-4-3-11-19-32-25-17-18-26(23-13-7-5-8-14-23)27(21-25)34-29(31)24-15-9-6-10-16-24/h5-10,13-18,21H,1,3-4,11-12,19-20H2,2H3. The van der Waals surface area contributed by atoms with Crippen molar-refractivity contribution in [1.82, 2.24) is 0 Å². The van der Waals surface area contributed by atoms with Crippen molar-refractivity contribution in [2.24, 2.45) is 0 Å². The summed E-state index contributed by atoms with van der Waals surface area (Å²) in [5.74, 6) is 0.344. The first-order valence-electron chi connectivity index (χ1n) is 11.5. The molecule has 0 unspecified atom stereocenters. The summed E-state index contributed by atoms with van der Waals surface area (Å²) in [6.07, 6.45) is 3.58. The van der Waals surface area contributed by atoms with E-state index in [-0.39, 0.29) is 5.97 Å². The number of hydrogen-bond acceptors (Lipinski definition) is 5. The van der Waals surface area contributed by atoms with E-state index in [1.807, 2.05) is 48.5 Å². The second-order valence-corrected chi connectivity index (χ2v) is 7.96. The maximum atomic E-state index is 12.7. The summed E-state index contributed by atoms with van der Waals surface area (Å²) in [5, 5.41) is 0. The van der Waals surface area contributed by atoms with Gasteiger partial charge < -0.3 is 14.2 Å². The van der Waals surface area contributed by atoms with Gasteiger partial charge in [0.05, 0.1) is 18.8 Å². The van der Waals surface area contributed by atoms with Crippen LogP contribution in [0.25, 0.3) is 11.1 Å². The van der Waals surface area contributed by atoms with Crippen LogP contribution in [0.2, 0.25) is 0 Å². The molecule has 0 spiro atoms. The number of ether oxygens (including phenoxy) is 3. The van der Waals surface area contributed by atoms with Gasteiger partial charge in [-0.1, -0.05) is 55.1 Å². The average molecular weight is 459 g/mol. The zero-order valence-electron chi connectivity index (χ0n) is 19.5. The summed E-state index contributed by atoms with van der Waals surface area (Å²) < 4.78 is 16.8. The molecule has 3 rings (SSSR count). The van der Waals surface area contributed by atoms with Crippen LogP contribution >= 0.6 is 0 Å². The molecule has 0 amide bonds. The molecule has 0 aliphatic heterocycles. The van der Waals surface area contributed by atoms with Crippen LogP contribution in [0.3, 0.4) is 0 Å². The largest absolute Gasteiger partial charge is 0.493 e. The van der Waals surface area contributed by atoms with E-state index in [2.05, 4.69) is 6.58 Å². The molecule has 0 aliphatic rings. The average Bonchev–Trinajstić information content (AvgIpc) is 2.86. The fourth-order valence-electron chi connectivity index (χ4n) is 3.30. The van der Waals surface area contributed by atoms with Crippen molar-refractivity contribution in [3.63, 3.8) is 0 Å². The lowest BCUT2D eigenvalue weighted by molar-refractivity contribution is -0.139. The maximum Gasteiger partial charge on any atom is 0.343 e. The monoisotopic (exact) mass is 458 g/mol. The second kappa shape index (κ2) is 13.0. The first kappa shape index (κ1) is 24.8. The Bertz CT molecular complexity index is 1090. The summed E-state index contributed by atoms with van der Waals surface area (Å²) in [6.45, 7) is 6.15. The van der Waals surface area contributed by atoms with Crippen LogP contribution in [0.4, 0.5) is 0 Å². The molecule has 0 bridgehead atoms. The van der Waals surface area contributed by atoms with Crippen molar-refractivity contribution in [1.29, 1.82) is 0 Å². The van der Waals surface area contributed by atoms with Gasteiger partial charge in [0.15, 0.2) is 0 Å². The second-order valence-electron chi connectivity index (χ2n) is 7.96. The lowest BCUT2D eigenvalue weighted by Gasteiger charge is -2.13. The number of rotatable bonds is 12. The molecule has 5 heteroatoms. The zero-order chi connectivity index (χ0) is 24.2. The molecule has 0 N–H and O–H groups in total. The molecule has 176 valence electrons. The number of benzene rings is 3. The highest BCUT2D eigenvalue weighted by Crippen LogP contribution is 2.34. The van der Waals surface area contributed by atoms with Crippen LogP contribution in [-0.4, -0.2) is 25.2 Å². The van der Waals surface area contributed by atoms with E-state index in [1.165, 1.54) is 0 Å². The lowest BCUT2D eigenvalue weighted by Crippen LogP contribution is -2.09. The summed E-state index contributed by atoms with van der Waals surface area (Å²) in [5.41, 5.74) is 2.68. The third-order valence-electron chi connectivity index (χ3n) is 5.14. The van der Waals surface area contributed by atoms with Crippen LogP contribution in [-0.2, 0) is 9.53 Å². The number of hydrogen-bond donors (Lipinski definition) is 0. The normalized spacial score (nSPS) is 10.4. The molecule has 0 heterocycles. The van der Waals surface area contributed by atoms with Gasteiger partial charge >= 0.3 is 11.9 Å². The van der Waals surface area contributed by atoms with Gasteiger partial charge in [0.1, 0.15) is 11.5 Å². The Hall–Kier alpha value is -3.86. The van der Waals surface area contributed by atoms with Crippen molar-refractivity contribution in [3.05, 3.63) is 96.6 Å². The van der Waals surface area contributed by atoms with Gasteiger partial charge in [-0.2, -0.15) is 0 Å². The lowest BCUT2D eigenvalue weighted by atomic mass is 10.0. The topological polar surface area (TPSA) is 61.8 Å². The van der Waals surface area contributed by atoms with Gasteiger partial charge in [0.2, 0.25) is 0 Å². The molecule has 3 aromatic rings. The maximum absolute atomic E-state index is 12.7. The van der Waals surface area contributed by atoms with Gasteiger partial charge in [-0.05, 0) is 62.4 Å². The minimum atomic E-state index is -0.415. The molecular formula is C29H30O5. The van der Waals surface area contributed by atoms with Crippen molar-refractivity contribution in [3.8, 4) is 22.6 Å². The van der Waals surface area contributed by atoms with Crippen molar-refractivity contribution >= 4 is 11.9 Å². The van der Waals surface area contributed by atoms with E-state index in [0.29, 0.717) is 35.8 Å². The van der Waals surface area contributed by atoms with E-state index in [4.69, 9.17) is 14.2 Å². The Morgan fingerprint density at radius 1 is 0.794 bits per heavy atom. The molecule has 0 aromatic heterocycles. The van der Waals surface area contributed by atoms with Gasteiger partial charge in [-0.25, -0.2) is 9.59 Å². The Kier molecular flexibility index (Phi) is 9.47. The number of esters is 2. The summed E-state index contributed by atoms with van der Waals surface area (Å²) in [7, 11) is 0.